The number of methoxy groups -OCH3 is 2. The van der Waals surface area contributed by atoms with E-state index in [-0.39, 0.29) is 49.6 Å². The van der Waals surface area contributed by atoms with Crippen LogP contribution in [-0.2, 0) is 49.6 Å². The Kier molecular flexibility index (Phi) is 33.4. The molecular weight excluding hydrogens is 1470 g/mol. The van der Waals surface area contributed by atoms with Crippen molar-refractivity contribution in [2.75, 3.05) is 14.2 Å². The predicted molar refractivity (Wildman–Crippen MR) is 477 cm³/mol. The quantitative estimate of drug-likeness (QED) is 0.138. The van der Waals surface area contributed by atoms with Crippen LogP contribution in [0.2, 0.25) is 0 Å². The Morgan fingerprint density at radius 3 is 0.958 bits per heavy atom. The molecular formula is C95H132N18O5. The van der Waals surface area contributed by atoms with Crippen molar-refractivity contribution in [3.8, 4) is 67.8 Å². The third-order valence-corrected chi connectivity index (χ3v) is 17.2. The van der Waals surface area contributed by atoms with Crippen LogP contribution < -0.4 is 14.2 Å². The summed E-state index contributed by atoms with van der Waals surface area (Å²) in [5.41, 5.74) is 11.6. The van der Waals surface area contributed by atoms with Gasteiger partial charge < -0.3 is 23.3 Å². The summed E-state index contributed by atoms with van der Waals surface area (Å²) >= 11 is 0. The van der Waals surface area contributed by atoms with Crippen LogP contribution in [0.1, 0.15) is 210 Å². The minimum absolute atomic E-state index is 0.00375. The molecule has 3 aromatic carbocycles. The van der Waals surface area contributed by atoms with Crippen molar-refractivity contribution in [3.05, 3.63) is 262 Å². The molecule has 0 N–H and O–H groups in total. The molecule has 0 atom stereocenters. The second-order valence-corrected chi connectivity index (χ2v) is 37.5. The Hall–Kier alpha value is -11.8. The Bertz CT molecular complexity index is 4680. The number of hydrogen-bond acceptors (Lipinski definition) is 16. The maximum atomic E-state index is 5.67. The maximum absolute atomic E-state index is 5.67. The molecule has 23 nitrogen and oxygen atoms in total. The zero-order valence-corrected chi connectivity index (χ0v) is 76.1. The summed E-state index contributed by atoms with van der Waals surface area (Å²) in [5, 5.41) is 37.6. The molecule has 0 saturated carbocycles. The zero-order chi connectivity index (χ0) is 87.7. The topological polar surface area (TPSA) is 230 Å². The minimum Gasteiger partial charge on any atom is -0.493 e. The minimum atomic E-state index is -0.0156. The molecule has 11 aromatic heterocycles. The number of rotatable bonds is 8. The highest BCUT2D eigenvalue weighted by Crippen LogP contribution is 2.29. The first-order valence-electron chi connectivity index (χ1n) is 39.9. The molecule has 0 aliphatic carbocycles. The van der Waals surface area contributed by atoms with Gasteiger partial charge in [0.15, 0.2) is 11.5 Å². The molecule has 0 saturated heterocycles. The average molecular weight is 1610 g/mol. The molecule has 11 heterocycles. The van der Waals surface area contributed by atoms with Crippen LogP contribution in [0.25, 0.3) is 44.6 Å². The number of ether oxygens (including phenoxy) is 3. The summed E-state index contributed by atoms with van der Waals surface area (Å²) in [7, 11) is 3.22. The standard InChI is InChI=1S/C13H16N2O.2C13H16N2.2C12H15N3.C8H14N2O.C8H14N2.C8H13NO2.C8H13NO/c1-13(2,3)15-10-12(9-14-15)16-11-7-5-4-6-8-11;2*1-13(2,3)15-10-12(9-14-15)11-7-5-4-6-8-11;1-12(2,3)15-9-11(8-14-15)10-5-4-6-13-7-10;1-12(2,3)15-9-10(8-14-15)11-6-4-5-7-13-11;1-8(2,3)10-6-7(11-4)5-9-10;1-7-5-9-10(6-7)8(2,3)4;1-8(2,3)6-5-7(10-4)9-11-6;1-6-5-7(10-9-6)8(2,3)4/h4-10H,1-3H3;2*4-10H,1-3H3;2*4-9H,1-3H3;5-6H,1-4H3;5-6H,1-4H3;5H,1-4H3;5H,1-4H3. The number of aromatic nitrogens is 18. The van der Waals surface area contributed by atoms with Crippen molar-refractivity contribution in [3.63, 3.8) is 0 Å². The average Bonchev–Trinajstić information content (AvgIpc) is 1.70. The monoisotopic (exact) mass is 1610 g/mol. The van der Waals surface area contributed by atoms with E-state index in [2.05, 4.69) is 299 Å². The molecule has 0 spiro atoms. The second-order valence-electron chi connectivity index (χ2n) is 37.5. The zero-order valence-electron chi connectivity index (χ0n) is 76.1. The third kappa shape index (κ3) is 31.7. The molecule has 118 heavy (non-hydrogen) atoms. The highest BCUT2D eigenvalue weighted by Gasteiger charge is 2.23. The first-order valence-corrected chi connectivity index (χ1v) is 39.9. The van der Waals surface area contributed by atoms with Crippen LogP contribution in [0.5, 0.6) is 23.1 Å². The Balaban J connectivity index is 0.000000207. The molecule has 23 heteroatoms. The van der Waals surface area contributed by atoms with Crippen molar-refractivity contribution >= 4 is 0 Å². The molecule has 0 unspecified atom stereocenters. The van der Waals surface area contributed by atoms with Gasteiger partial charge in [0, 0.05) is 100 Å². The number of aryl methyl sites for hydroxylation is 2. The lowest BCUT2D eigenvalue weighted by atomic mass is 9.93. The van der Waals surface area contributed by atoms with Gasteiger partial charge in [-0.25, -0.2) is 0 Å². The molecule has 0 radical (unpaired) electrons. The molecule has 0 amide bonds. The van der Waals surface area contributed by atoms with Crippen LogP contribution in [0.3, 0.4) is 0 Å². The summed E-state index contributed by atoms with van der Waals surface area (Å²) in [4.78, 5) is 8.39. The van der Waals surface area contributed by atoms with Gasteiger partial charge in [-0.05, 0) is 211 Å². The fraction of sp³-hybridized carbons (Fsp3) is 0.421. The van der Waals surface area contributed by atoms with Gasteiger partial charge in [-0.3, -0.25) is 42.7 Å². The van der Waals surface area contributed by atoms with E-state index in [1.165, 1.54) is 27.8 Å². The summed E-state index contributed by atoms with van der Waals surface area (Å²) in [6, 6.07) is 44.0. The van der Waals surface area contributed by atoms with Gasteiger partial charge in [0.1, 0.15) is 17.3 Å². The maximum Gasteiger partial charge on any atom is 0.254 e. The normalized spacial score (nSPS) is 11.7. The van der Waals surface area contributed by atoms with E-state index in [1.807, 2.05) is 199 Å². The van der Waals surface area contributed by atoms with Crippen LogP contribution in [0.15, 0.2) is 248 Å². The number of nitrogens with zero attached hydrogens (tertiary/aromatic N) is 18. The molecule has 14 rings (SSSR count). The third-order valence-electron chi connectivity index (χ3n) is 17.2. The van der Waals surface area contributed by atoms with Crippen molar-refractivity contribution in [2.45, 2.75) is 250 Å². The van der Waals surface area contributed by atoms with Crippen molar-refractivity contribution in [1.29, 1.82) is 0 Å². The smallest absolute Gasteiger partial charge is 0.254 e. The Morgan fingerprint density at radius 1 is 0.288 bits per heavy atom. The second kappa shape index (κ2) is 41.4. The van der Waals surface area contributed by atoms with Crippen LogP contribution >= 0.6 is 0 Å². The number of pyridine rings is 2. The van der Waals surface area contributed by atoms with E-state index < -0.39 is 0 Å². The highest BCUT2D eigenvalue weighted by atomic mass is 16.5. The van der Waals surface area contributed by atoms with E-state index >= 15 is 0 Å². The SMILES string of the molecule is CC(C)(C)n1cc(-c2ccccc2)cn1.CC(C)(C)n1cc(-c2ccccc2)cn1.CC(C)(C)n1cc(-c2ccccn2)cn1.CC(C)(C)n1cc(-c2cccnc2)cn1.CC(C)(C)n1cc(Oc2ccccc2)cn1.COc1cc(C(C)(C)C)on1.COc1cnn(C(C)(C)C)c1.Cc1cc(C(C)(C)C)on1.Cc1cnn(C(C)(C)C)c1. The van der Waals surface area contributed by atoms with Gasteiger partial charge in [0.25, 0.3) is 5.88 Å². The first kappa shape index (κ1) is 95.1. The predicted octanol–water partition coefficient (Wildman–Crippen LogP) is 23.3. The van der Waals surface area contributed by atoms with Gasteiger partial charge >= 0.3 is 0 Å². The molecule has 0 aliphatic heterocycles. The Labute approximate surface area is 702 Å². The van der Waals surface area contributed by atoms with E-state index in [0.717, 1.165) is 56.8 Å². The summed E-state index contributed by atoms with van der Waals surface area (Å²) in [5.74, 6) is 4.73. The number of benzene rings is 3. The van der Waals surface area contributed by atoms with Gasteiger partial charge in [0.05, 0.1) is 120 Å². The van der Waals surface area contributed by atoms with Crippen LogP contribution in [0.4, 0.5) is 0 Å². The molecule has 0 bridgehead atoms. The fourth-order valence-corrected chi connectivity index (χ4v) is 10.0. The van der Waals surface area contributed by atoms with Gasteiger partial charge in [-0.2, -0.15) is 35.7 Å². The fourth-order valence-electron chi connectivity index (χ4n) is 10.0. The summed E-state index contributed by atoms with van der Waals surface area (Å²) < 4.78 is 39.3. The molecule has 0 aliphatic rings. The van der Waals surface area contributed by atoms with Gasteiger partial charge in [-0.15, -0.1) is 0 Å². The van der Waals surface area contributed by atoms with Crippen LogP contribution in [0, 0.1) is 13.8 Å². The highest BCUT2D eigenvalue weighted by molar-refractivity contribution is 5.63. The van der Waals surface area contributed by atoms with Crippen molar-refractivity contribution in [2.24, 2.45) is 0 Å². The summed E-state index contributed by atoms with van der Waals surface area (Å²) in [6.45, 7) is 61.2. The van der Waals surface area contributed by atoms with E-state index in [9.17, 15) is 0 Å². The van der Waals surface area contributed by atoms with Gasteiger partial charge in [-0.1, -0.05) is 138 Å². The number of hydrogen-bond donors (Lipinski definition) is 0. The largest absolute Gasteiger partial charge is 0.493 e. The number of para-hydroxylation sites is 1. The van der Waals surface area contributed by atoms with Crippen molar-refractivity contribution in [1.82, 2.24) is 88.7 Å². The van der Waals surface area contributed by atoms with Crippen LogP contribution in [-0.4, -0.2) is 103 Å². The summed E-state index contributed by atoms with van der Waals surface area (Å²) in [6.07, 6.45) is 32.4. The molecule has 14 aromatic rings. The first-order chi connectivity index (χ1) is 54.9. The lowest BCUT2D eigenvalue weighted by Crippen LogP contribution is -2.21. The lowest BCUT2D eigenvalue weighted by molar-refractivity contribution is 0.301. The lowest BCUT2D eigenvalue weighted by Gasteiger charge is -2.18. The van der Waals surface area contributed by atoms with E-state index in [1.54, 1.807) is 45.1 Å². The van der Waals surface area contributed by atoms with Crippen molar-refractivity contribution < 1.29 is 23.3 Å². The van der Waals surface area contributed by atoms with E-state index in [4.69, 9.17) is 23.3 Å². The molecule has 0 fully saturated rings. The Morgan fingerprint density at radius 2 is 0.644 bits per heavy atom. The molecule has 632 valence electrons. The van der Waals surface area contributed by atoms with E-state index in [0.29, 0.717) is 5.88 Å². The van der Waals surface area contributed by atoms with Gasteiger partial charge in [0.2, 0.25) is 0 Å².